The predicted octanol–water partition coefficient (Wildman–Crippen LogP) is 3.17. The van der Waals surface area contributed by atoms with Crippen molar-refractivity contribution in [3.8, 4) is 0 Å². The fraction of sp³-hybridized carbons (Fsp3) is 0.286. The average molecular weight is 227 g/mol. The highest BCUT2D eigenvalue weighted by molar-refractivity contribution is 5.62. The number of benzene rings is 1. The van der Waals surface area contributed by atoms with Crippen LogP contribution in [0.4, 0.5) is 11.5 Å². The zero-order chi connectivity index (χ0) is 12.4. The van der Waals surface area contributed by atoms with Gasteiger partial charge in [0.25, 0.3) is 0 Å². The van der Waals surface area contributed by atoms with E-state index in [1.165, 1.54) is 5.56 Å². The molecule has 2 rings (SSSR count). The molecule has 1 aromatic heterocycles. The SMILES string of the molecule is Cc1ccc(N(C)c2ncnc(C)c2C)cc1. The van der Waals surface area contributed by atoms with Crippen LogP contribution in [0.25, 0.3) is 0 Å². The molecule has 0 saturated heterocycles. The normalized spacial score (nSPS) is 10.4. The van der Waals surface area contributed by atoms with Crippen LogP contribution >= 0.6 is 0 Å². The Morgan fingerprint density at radius 1 is 0.941 bits per heavy atom. The van der Waals surface area contributed by atoms with Crippen LogP contribution in [0.5, 0.6) is 0 Å². The summed E-state index contributed by atoms with van der Waals surface area (Å²) in [4.78, 5) is 10.6. The van der Waals surface area contributed by atoms with Gasteiger partial charge in [0.1, 0.15) is 12.1 Å². The first-order valence-corrected chi connectivity index (χ1v) is 5.68. The van der Waals surface area contributed by atoms with Gasteiger partial charge in [-0.3, -0.25) is 0 Å². The number of aryl methyl sites for hydroxylation is 2. The van der Waals surface area contributed by atoms with E-state index in [0.717, 1.165) is 22.8 Å². The number of rotatable bonds is 2. The van der Waals surface area contributed by atoms with Gasteiger partial charge in [0, 0.05) is 24.0 Å². The van der Waals surface area contributed by atoms with Gasteiger partial charge in [-0.1, -0.05) is 17.7 Å². The summed E-state index contributed by atoms with van der Waals surface area (Å²) in [6, 6.07) is 8.42. The Labute approximate surface area is 102 Å². The lowest BCUT2D eigenvalue weighted by atomic mass is 10.2. The van der Waals surface area contributed by atoms with Gasteiger partial charge in [-0.25, -0.2) is 9.97 Å². The minimum atomic E-state index is 0.960. The van der Waals surface area contributed by atoms with Crippen LogP contribution in [-0.2, 0) is 0 Å². The van der Waals surface area contributed by atoms with Crippen molar-refractivity contribution in [2.45, 2.75) is 20.8 Å². The summed E-state index contributed by atoms with van der Waals surface area (Å²) in [7, 11) is 2.03. The Morgan fingerprint density at radius 2 is 1.59 bits per heavy atom. The summed E-state index contributed by atoms with van der Waals surface area (Å²) < 4.78 is 0. The van der Waals surface area contributed by atoms with Gasteiger partial charge in [0.2, 0.25) is 0 Å². The lowest BCUT2D eigenvalue weighted by molar-refractivity contribution is 1.01. The molecule has 1 aromatic carbocycles. The van der Waals surface area contributed by atoms with E-state index in [0.29, 0.717) is 0 Å². The minimum Gasteiger partial charge on any atom is -0.329 e. The molecule has 0 saturated carbocycles. The van der Waals surface area contributed by atoms with E-state index in [-0.39, 0.29) is 0 Å². The molecule has 0 spiro atoms. The second-order valence-corrected chi connectivity index (χ2v) is 4.30. The van der Waals surface area contributed by atoms with Crippen molar-refractivity contribution in [1.82, 2.24) is 9.97 Å². The van der Waals surface area contributed by atoms with Crippen molar-refractivity contribution in [1.29, 1.82) is 0 Å². The maximum Gasteiger partial charge on any atom is 0.139 e. The van der Waals surface area contributed by atoms with Crippen molar-refractivity contribution < 1.29 is 0 Å². The van der Waals surface area contributed by atoms with Gasteiger partial charge in [-0.2, -0.15) is 0 Å². The fourth-order valence-corrected chi connectivity index (χ4v) is 1.75. The molecule has 0 amide bonds. The molecule has 0 fully saturated rings. The number of anilines is 2. The number of hydrogen-bond donors (Lipinski definition) is 0. The standard InChI is InChI=1S/C14H17N3/c1-10-5-7-13(8-6-10)17(4)14-11(2)12(3)15-9-16-14/h5-9H,1-4H3. The molecule has 0 N–H and O–H groups in total. The topological polar surface area (TPSA) is 29.0 Å². The molecule has 1 heterocycles. The molecule has 3 nitrogen and oxygen atoms in total. The number of nitrogens with zero attached hydrogens (tertiary/aromatic N) is 3. The smallest absolute Gasteiger partial charge is 0.139 e. The fourth-order valence-electron chi connectivity index (χ4n) is 1.75. The Kier molecular flexibility index (Phi) is 3.09. The van der Waals surface area contributed by atoms with Crippen molar-refractivity contribution in [3.05, 3.63) is 47.4 Å². The summed E-state index contributed by atoms with van der Waals surface area (Å²) in [5, 5.41) is 0. The molecular formula is C14H17N3. The Hall–Kier alpha value is -1.90. The molecule has 17 heavy (non-hydrogen) atoms. The zero-order valence-electron chi connectivity index (χ0n) is 10.7. The van der Waals surface area contributed by atoms with E-state index < -0.39 is 0 Å². The van der Waals surface area contributed by atoms with E-state index >= 15 is 0 Å². The van der Waals surface area contributed by atoms with E-state index in [2.05, 4.69) is 53.0 Å². The molecule has 0 bridgehead atoms. The zero-order valence-corrected chi connectivity index (χ0v) is 10.7. The minimum absolute atomic E-state index is 0.960. The average Bonchev–Trinajstić information content (AvgIpc) is 2.33. The third kappa shape index (κ3) is 2.28. The van der Waals surface area contributed by atoms with Crippen LogP contribution in [0.3, 0.4) is 0 Å². The lowest BCUT2D eigenvalue weighted by Crippen LogP contribution is -2.13. The summed E-state index contributed by atoms with van der Waals surface area (Å²) >= 11 is 0. The quantitative estimate of drug-likeness (QED) is 0.789. The van der Waals surface area contributed by atoms with Gasteiger partial charge in [-0.05, 0) is 32.9 Å². The third-order valence-corrected chi connectivity index (χ3v) is 3.05. The molecule has 88 valence electrons. The van der Waals surface area contributed by atoms with Crippen LogP contribution in [-0.4, -0.2) is 17.0 Å². The highest BCUT2D eigenvalue weighted by atomic mass is 15.2. The molecule has 0 aliphatic heterocycles. The maximum absolute atomic E-state index is 4.35. The van der Waals surface area contributed by atoms with Crippen molar-refractivity contribution in [2.24, 2.45) is 0 Å². The molecule has 0 unspecified atom stereocenters. The van der Waals surface area contributed by atoms with E-state index in [1.807, 2.05) is 14.0 Å². The molecule has 0 aliphatic rings. The first-order chi connectivity index (χ1) is 8.09. The second kappa shape index (κ2) is 4.53. The van der Waals surface area contributed by atoms with E-state index in [9.17, 15) is 0 Å². The Morgan fingerprint density at radius 3 is 2.24 bits per heavy atom. The second-order valence-electron chi connectivity index (χ2n) is 4.30. The Bertz CT molecular complexity index is 517. The largest absolute Gasteiger partial charge is 0.329 e. The van der Waals surface area contributed by atoms with Crippen molar-refractivity contribution >= 4 is 11.5 Å². The number of hydrogen-bond acceptors (Lipinski definition) is 3. The molecule has 0 aliphatic carbocycles. The lowest BCUT2D eigenvalue weighted by Gasteiger charge is -2.20. The first-order valence-electron chi connectivity index (χ1n) is 5.68. The highest BCUT2D eigenvalue weighted by Gasteiger charge is 2.09. The van der Waals surface area contributed by atoms with Crippen LogP contribution in [0.2, 0.25) is 0 Å². The van der Waals surface area contributed by atoms with Gasteiger partial charge in [0.15, 0.2) is 0 Å². The molecular weight excluding hydrogens is 210 g/mol. The summed E-state index contributed by atoms with van der Waals surface area (Å²) in [6.07, 6.45) is 1.61. The maximum atomic E-state index is 4.35. The molecule has 3 heteroatoms. The summed E-state index contributed by atoms with van der Waals surface area (Å²) in [5.74, 6) is 0.960. The monoisotopic (exact) mass is 227 g/mol. The van der Waals surface area contributed by atoms with E-state index in [1.54, 1.807) is 6.33 Å². The summed E-state index contributed by atoms with van der Waals surface area (Å²) in [5.41, 5.74) is 4.54. The van der Waals surface area contributed by atoms with Crippen LogP contribution in [0, 0.1) is 20.8 Å². The van der Waals surface area contributed by atoms with Gasteiger partial charge < -0.3 is 4.90 Å². The molecule has 0 atom stereocenters. The highest BCUT2D eigenvalue weighted by Crippen LogP contribution is 2.25. The van der Waals surface area contributed by atoms with Gasteiger partial charge in [-0.15, -0.1) is 0 Å². The van der Waals surface area contributed by atoms with Crippen molar-refractivity contribution in [2.75, 3.05) is 11.9 Å². The first kappa shape index (κ1) is 11.6. The van der Waals surface area contributed by atoms with Crippen molar-refractivity contribution in [3.63, 3.8) is 0 Å². The van der Waals surface area contributed by atoms with Crippen LogP contribution in [0.1, 0.15) is 16.8 Å². The van der Waals surface area contributed by atoms with Gasteiger partial charge in [0.05, 0.1) is 0 Å². The predicted molar refractivity (Wildman–Crippen MR) is 70.7 cm³/mol. The molecule has 2 aromatic rings. The van der Waals surface area contributed by atoms with Crippen LogP contribution < -0.4 is 4.90 Å². The third-order valence-electron chi connectivity index (χ3n) is 3.05. The van der Waals surface area contributed by atoms with E-state index in [4.69, 9.17) is 0 Å². The van der Waals surface area contributed by atoms with Gasteiger partial charge >= 0.3 is 0 Å². The Balaban J connectivity index is 2.40. The van der Waals surface area contributed by atoms with Crippen LogP contribution in [0.15, 0.2) is 30.6 Å². The summed E-state index contributed by atoms with van der Waals surface area (Å²) in [6.45, 7) is 6.14. The molecule has 0 radical (unpaired) electrons. The number of aromatic nitrogens is 2.